The van der Waals surface area contributed by atoms with Crippen LogP contribution >= 0.6 is 0 Å². The van der Waals surface area contributed by atoms with Crippen LogP contribution in [0.15, 0.2) is 78.5 Å². The first kappa shape index (κ1) is 22.1. The number of hydrogen-bond acceptors (Lipinski definition) is 5. The number of carbonyl (C=O) groups is 2. The van der Waals surface area contributed by atoms with Gasteiger partial charge in [0.2, 0.25) is 0 Å². The van der Waals surface area contributed by atoms with Crippen molar-refractivity contribution in [3.05, 3.63) is 89.6 Å². The van der Waals surface area contributed by atoms with Gasteiger partial charge in [-0.05, 0) is 53.4 Å². The molecule has 6 heteroatoms. The first-order chi connectivity index (χ1) is 15.9. The smallest absolute Gasteiger partial charge is 0.282 e. The number of methoxy groups -OCH3 is 2. The second-order valence-electron chi connectivity index (χ2n) is 8.00. The normalized spacial score (nSPS) is 13.7. The molecule has 0 atom stereocenters. The highest BCUT2D eigenvalue weighted by atomic mass is 16.5. The number of nitrogens with zero attached hydrogens (tertiary/aromatic N) is 1. The number of amides is 2. The first-order valence-electron chi connectivity index (χ1n) is 10.7. The van der Waals surface area contributed by atoms with Gasteiger partial charge in [0.1, 0.15) is 5.70 Å². The lowest BCUT2D eigenvalue weighted by atomic mass is 10.0. The number of rotatable bonds is 7. The molecule has 168 valence electrons. The van der Waals surface area contributed by atoms with Crippen molar-refractivity contribution in [1.82, 2.24) is 0 Å². The number of anilines is 2. The number of carbonyl (C=O) groups excluding carboxylic acids is 2. The van der Waals surface area contributed by atoms with Gasteiger partial charge in [0.15, 0.2) is 11.5 Å². The van der Waals surface area contributed by atoms with Crippen molar-refractivity contribution < 1.29 is 19.1 Å². The molecule has 0 fully saturated rings. The Balaban J connectivity index is 1.81. The average Bonchev–Trinajstić information content (AvgIpc) is 3.08. The molecule has 3 aromatic carbocycles. The van der Waals surface area contributed by atoms with Gasteiger partial charge in [-0.25, -0.2) is 4.90 Å². The number of benzene rings is 3. The largest absolute Gasteiger partial charge is 0.493 e. The molecule has 0 bridgehead atoms. The summed E-state index contributed by atoms with van der Waals surface area (Å²) in [6.07, 6.45) is 0. The predicted octanol–water partition coefficient (Wildman–Crippen LogP) is 5.22. The first-order valence-corrected chi connectivity index (χ1v) is 10.7. The zero-order chi connectivity index (χ0) is 23.5. The Kier molecular flexibility index (Phi) is 6.18. The van der Waals surface area contributed by atoms with Crippen LogP contribution in [0.5, 0.6) is 11.5 Å². The van der Waals surface area contributed by atoms with Gasteiger partial charge in [-0.15, -0.1) is 0 Å². The van der Waals surface area contributed by atoms with E-state index in [0.717, 1.165) is 5.69 Å². The van der Waals surface area contributed by atoms with Crippen LogP contribution in [0, 0.1) is 0 Å². The van der Waals surface area contributed by atoms with Crippen molar-refractivity contribution >= 4 is 28.8 Å². The summed E-state index contributed by atoms with van der Waals surface area (Å²) < 4.78 is 10.7. The molecule has 1 aliphatic heterocycles. The van der Waals surface area contributed by atoms with Gasteiger partial charge in [-0.2, -0.15) is 0 Å². The van der Waals surface area contributed by atoms with Gasteiger partial charge >= 0.3 is 0 Å². The van der Waals surface area contributed by atoms with Gasteiger partial charge < -0.3 is 14.8 Å². The average molecular weight is 443 g/mol. The highest BCUT2D eigenvalue weighted by Crippen LogP contribution is 2.37. The lowest BCUT2D eigenvalue weighted by Gasteiger charge is -2.15. The molecule has 3 aromatic rings. The van der Waals surface area contributed by atoms with E-state index >= 15 is 0 Å². The summed E-state index contributed by atoms with van der Waals surface area (Å²) >= 11 is 0. The third-order valence-corrected chi connectivity index (χ3v) is 5.62. The molecule has 6 nitrogen and oxygen atoms in total. The Labute approximate surface area is 193 Å². The van der Waals surface area contributed by atoms with Crippen molar-refractivity contribution in [2.24, 2.45) is 0 Å². The fourth-order valence-electron chi connectivity index (χ4n) is 3.81. The van der Waals surface area contributed by atoms with Crippen LogP contribution in [0.1, 0.15) is 30.9 Å². The van der Waals surface area contributed by atoms with Crippen molar-refractivity contribution in [3.63, 3.8) is 0 Å². The Bertz CT molecular complexity index is 1210. The van der Waals surface area contributed by atoms with Crippen LogP contribution in [-0.2, 0) is 9.59 Å². The number of hydrogen-bond donors (Lipinski definition) is 1. The molecule has 1 heterocycles. The Morgan fingerprint density at radius 2 is 1.45 bits per heavy atom. The molecule has 4 rings (SSSR count). The summed E-state index contributed by atoms with van der Waals surface area (Å²) in [5.74, 6) is 0.589. The molecule has 0 aromatic heterocycles. The number of imide groups is 1. The van der Waals surface area contributed by atoms with Crippen LogP contribution in [0.4, 0.5) is 11.4 Å². The summed E-state index contributed by atoms with van der Waals surface area (Å²) in [5.41, 5.74) is 3.48. The van der Waals surface area contributed by atoms with Gasteiger partial charge in [0, 0.05) is 5.69 Å². The van der Waals surface area contributed by atoms with E-state index in [9.17, 15) is 9.59 Å². The van der Waals surface area contributed by atoms with Crippen molar-refractivity contribution in [2.45, 2.75) is 19.8 Å². The zero-order valence-electron chi connectivity index (χ0n) is 19.1. The van der Waals surface area contributed by atoms with Crippen molar-refractivity contribution in [1.29, 1.82) is 0 Å². The predicted molar refractivity (Wildman–Crippen MR) is 130 cm³/mol. The minimum atomic E-state index is -0.413. The maximum absolute atomic E-state index is 13.6. The molecule has 0 radical (unpaired) electrons. The number of ether oxygens (including phenoxy) is 2. The number of para-hydroxylation sites is 1. The Morgan fingerprint density at radius 3 is 2.06 bits per heavy atom. The monoisotopic (exact) mass is 442 g/mol. The molecule has 0 saturated carbocycles. The second kappa shape index (κ2) is 9.20. The summed E-state index contributed by atoms with van der Waals surface area (Å²) in [4.78, 5) is 28.2. The van der Waals surface area contributed by atoms with E-state index in [1.54, 1.807) is 49.6 Å². The van der Waals surface area contributed by atoms with E-state index < -0.39 is 11.8 Å². The lowest BCUT2D eigenvalue weighted by Crippen LogP contribution is -2.32. The zero-order valence-corrected chi connectivity index (χ0v) is 19.1. The molecular weight excluding hydrogens is 416 g/mol. The van der Waals surface area contributed by atoms with Crippen molar-refractivity contribution in [3.8, 4) is 11.5 Å². The van der Waals surface area contributed by atoms with Crippen molar-refractivity contribution in [2.75, 3.05) is 24.4 Å². The molecule has 0 saturated heterocycles. The van der Waals surface area contributed by atoms with Crippen LogP contribution in [0.25, 0.3) is 5.57 Å². The molecular formula is C27H26N2O4. The summed E-state index contributed by atoms with van der Waals surface area (Å²) in [6, 6.07) is 21.9. The fourth-order valence-corrected chi connectivity index (χ4v) is 3.81. The summed E-state index contributed by atoms with van der Waals surface area (Å²) in [6.45, 7) is 4.24. The van der Waals surface area contributed by atoms with Gasteiger partial charge in [-0.1, -0.05) is 50.2 Å². The van der Waals surface area contributed by atoms with Gasteiger partial charge in [0.05, 0.1) is 25.5 Å². The minimum absolute atomic E-state index is 0.216. The van der Waals surface area contributed by atoms with Crippen LogP contribution in [0.3, 0.4) is 0 Å². The van der Waals surface area contributed by atoms with Gasteiger partial charge in [0.25, 0.3) is 11.8 Å². The maximum atomic E-state index is 13.6. The highest BCUT2D eigenvalue weighted by molar-refractivity contribution is 6.46. The summed E-state index contributed by atoms with van der Waals surface area (Å²) in [7, 11) is 3.08. The van der Waals surface area contributed by atoms with E-state index in [-0.39, 0.29) is 11.3 Å². The molecule has 2 amide bonds. The van der Waals surface area contributed by atoms with E-state index in [0.29, 0.717) is 28.7 Å². The van der Waals surface area contributed by atoms with E-state index in [4.69, 9.17) is 9.47 Å². The molecule has 1 N–H and O–H groups in total. The topological polar surface area (TPSA) is 67.9 Å². The maximum Gasteiger partial charge on any atom is 0.282 e. The lowest BCUT2D eigenvalue weighted by molar-refractivity contribution is -0.120. The minimum Gasteiger partial charge on any atom is -0.493 e. The van der Waals surface area contributed by atoms with E-state index in [1.165, 1.54) is 17.6 Å². The van der Waals surface area contributed by atoms with Crippen LogP contribution in [-0.4, -0.2) is 26.0 Å². The quantitative estimate of drug-likeness (QED) is 0.508. The van der Waals surface area contributed by atoms with E-state index in [1.807, 2.05) is 30.3 Å². The number of nitrogens with one attached hydrogen (secondary N) is 1. The second-order valence-corrected chi connectivity index (χ2v) is 8.00. The molecule has 33 heavy (non-hydrogen) atoms. The molecule has 0 spiro atoms. The molecule has 1 aliphatic rings. The Hall–Kier alpha value is -4.06. The van der Waals surface area contributed by atoms with Gasteiger partial charge in [-0.3, -0.25) is 9.59 Å². The van der Waals surface area contributed by atoms with Crippen LogP contribution in [0.2, 0.25) is 0 Å². The summed E-state index contributed by atoms with van der Waals surface area (Å²) in [5, 5.41) is 3.20. The molecule has 0 aliphatic carbocycles. The highest BCUT2D eigenvalue weighted by Gasteiger charge is 2.40. The third kappa shape index (κ3) is 4.20. The SMILES string of the molecule is COc1ccc(C2=C(Nc3ccc(C(C)C)cc3)C(=O)N(c3ccccc3)C2=O)cc1OC. The third-order valence-electron chi connectivity index (χ3n) is 5.62. The Morgan fingerprint density at radius 1 is 0.788 bits per heavy atom. The fraction of sp³-hybridized carbons (Fsp3) is 0.185. The van der Waals surface area contributed by atoms with E-state index in [2.05, 4.69) is 19.2 Å². The standard InChI is InChI=1S/C27H26N2O4/c1-17(2)18-10-13-20(14-11-18)28-25-24(19-12-15-22(32-3)23(16-19)33-4)26(30)29(27(25)31)21-8-6-5-7-9-21/h5-17,28H,1-4H3. The molecule has 0 unspecified atom stereocenters. The van der Waals surface area contributed by atoms with Crippen LogP contribution < -0.4 is 19.7 Å².